The Labute approximate surface area is 107 Å². The van der Waals surface area contributed by atoms with Crippen LogP contribution in [0.2, 0.25) is 0 Å². The zero-order chi connectivity index (χ0) is 13.1. The molecule has 5 heteroatoms. The third-order valence-corrected chi connectivity index (χ3v) is 3.00. The Morgan fingerprint density at radius 1 is 1.22 bits per heavy atom. The highest BCUT2D eigenvalue weighted by atomic mass is 16.5. The summed E-state index contributed by atoms with van der Waals surface area (Å²) in [6.07, 6.45) is 0.874. The van der Waals surface area contributed by atoms with Gasteiger partial charge in [0.1, 0.15) is 5.82 Å². The topological polar surface area (TPSA) is 62.3 Å². The summed E-state index contributed by atoms with van der Waals surface area (Å²) in [6, 6.07) is 3.86. The molecule has 0 unspecified atom stereocenters. The maximum atomic E-state index is 5.66. The lowest BCUT2D eigenvalue weighted by Crippen LogP contribution is -2.12. The molecule has 2 rings (SSSR count). The van der Waals surface area contributed by atoms with Gasteiger partial charge in [0.05, 0.1) is 25.3 Å². The molecule has 0 bridgehead atoms. The van der Waals surface area contributed by atoms with Gasteiger partial charge in [0.2, 0.25) is 0 Å². The molecular formula is C13H19N3O2. The summed E-state index contributed by atoms with van der Waals surface area (Å²) in [6.45, 7) is 3.44. The Bertz CT molecular complexity index is 549. The normalized spacial score (nSPS) is 10.9. The van der Waals surface area contributed by atoms with E-state index >= 15 is 0 Å². The lowest BCUT2D eigenvalue weighted by atomic mass is 10.2. The minimum absolute atomic E-state index is 0.590. The van der Waals surface area contributed by atoms with E-state index in [-0.39, 0.29) is 0 Å². The van der Waals surface area contributed by atoms with E-state index in [1.807, 2.05) is 12.1 Å². The van der Waals surface area contributed by atoms with E-state index < -0.39 is 0 Å². The number of rotatable bonds is 5. The molecule has 0 saturated heterocycles. The van der Waals surface area contributed by atoms with Crippen LogP contribution in [0.5, 0.6) is 11.5 Å². The number of methoxy groups -OCH3 is 2. The molecular weight excluding hydrogens is 230 g/mol. The number of fused-ring (bicyclic) bond motifs is 1. The number of benzene rings is 1. The van der Waals surface area contributed by atoms with E-state index in [0.29, 0.717) is 18.0 Å². The number of hydrogen-bond acceptors (Lipinski definition) is 4. The smallest absolute Gasteiger partial charge is 0.163 e. The first-order valence-electron chi connectivity index (χ1n) is 6.06. The van der Waals surface area contributed by atoms with E-state index in [4.69, 9.17) is 15.2 Å². The summed E-state index contributed by atoms with van der Waals surface area (Å²) in [5.74, 6) is 2.45. The van der Waals surface area contributed by atoms with E-state index in [1.165, 1.54) is 0 Å². The number of nitrogens with two attached hydrogens (primary N) is 1. The number of ether oxygens (including phenoxy) is 2. The van der Waals surface area contributed by atoms with Crippen LogP contribution >= 0.6 is 0 Å². The highest BCUT2D eigenvalue weighted by Gasteiger charge is 2.13. The molecule has 0 spiro atoms. The van der Waals surface area contributed by atoms with Crippen LogP contribution in [0.3, 0.4) is 0 Å². The molecule has 0 aliphatic carbocycles. The molecule has 0 fully saturated rings. The summed E-state index contributed by atoms with van der Waals surface area (Å²) in [5, 5.41) is 0. The first-order valence-corrected chi connectivity index (χ1v) is 6.06. The predicted octanol–water partition coefficient (Wildman–Crippen LogP) is 1.57. The molecule has 2 aromatic rings. The Balaban J connectivity index is 2.66. The second-order valence-electron chi connectivity index (χ2n) is 4.02. The monoisotopic (exact) mass is 249 g/mol. The first-order chi connectivity index (χ1) is 8.74. The van der Waals surface area contributed by atoms with Crippen molar-refractivity contribution in [1.82, 2.24) is 9.55 Å². The van der Waals surface area contributed by atoms with Gasteiger partial charge in [-0.2, -0.15) is 0 Å². The fourth-order valence-corrected chi connectivity index (χ4v) is 2.15. The van der Waals surface area contributed by atoms with Crippen molar-refractivity contribution >= 4 is 11.0 Å². The van der Waals surface area contributed by atoms with E-state index in [1.54, 1.807) is 14.2 Å². The molecule has 0 amide bonds. The number of aromatic nitrogens is 2. The lowest BCUT2D eigenvalue weighted by molar-refractivity contribution is 0.355. The summed E-state index contributed by atoms with van der Waals surface area (Å²) in [7, 11) is 3.26. The van der Waals surface area contributed by atoms with Gasteiger partial charge in [-0.05, 0) is 0 Å². The summed E-state index contributed by atoms with van der Waals surface area (Å²) < 4.78 is 12.7. The molecule has 0 saturated carbocycles. The van der Waals surface area contributed by atoms with Gasteiger partial charge in [-0.15, -0.1) is 0 Å². The van der Waals surface area contributed by atoms with E-state index in [9.17, 15) is 0 Å². The molecule has 18 heavy (non-hydrogen) atoms. The van der Waals surface area contributed by atoms with Crippen molar-refractivity contribution in [3.8, 4) is 11.5 Å². The largest absolute Gasteiger partial charge is 0.493 e. The number of aryl methyl sites for hydroxylation is 1. The van der Waals surface area contributed by atoms with Gasteiger partial charge in [-0.3, -0.25) is 0 Å². The van der Waals surface area contributed by atoms with Crippen LogP contribution in [0.15, 0.2) is 12.1 Å². The van der Waals surface area contributed by atoms with Crippen LogP contribution in [-0.2, 0) is 13.0 Å². The van der Waals surface area contributed by atoms with Crippen LogP contribution in [0, 0.1) is 0 Å². The summed E-state index contributed by atoms with van der Waals surface area (Å²) in [4.78, 5) is 4.61. The average molecular weight is 249 g/mol. The van der Waals surface area contributed by atoms with Gasteiger partial charge in [-0.25, -0.2) is 4.98 Å². The molecule has 0 radical (unpaired) electrons. The minimum Gasteiger partial charge on any atom is -0.493 e. The van der Waals surface area contributed by atoms with Gasteiger partial charge < -0.3 is 19.8 Å². The fourth-order valence-electron chi connectivity index (χ4n) is 2.15. The van der Waals surface area contributed by atoms with Crippen molar-refractivity contribution < 1.29 is 9.47 Å². The highest BCUT2D eigenvalue weighted by molar-refractivity contribution is 5.80. The van der Waals surface area contributed by atoms with Crippen LogP contribution in [0.25, 0.3) is 11.0 Å². The van der Waals surface area contributed by atoms with Crippen LogP contribution in [0.4, 0.5) is 0 Å². The van der Waals surface area contributed by atoms with Crippen LogP contribution in [-0.4, -0.2) is 30.3 Å². The van der Waals surface area contributed by atoms with Gasteiger partial charge in [-0.1, -0.05) is 6.92 Å². The number of hydrogen-bond donors (Lipinski definition) is 1. The fraction of sp³-hybridized carbons (Fsp3) is 0.462. The maximum Gasteiger partial charge on any atom is 0.163 e. The van der Waals surface area contributed by atoms with Crippen molar-refractivity contribution in [2.45, 2.75) is 19.9 Å². The average Bonchev–Trinajstić information content (AvgIpc) is 2.75. The van der Waals surface area contributed by atoms with E-state index in [0.717, 1.165) is 29.8 Å². The molecule has 5 nitrogen and oxygen atoms in total. The first kappa shape index (κ1) is 12.7. The molecule has 1 heterocycles. The molecule has 0 atom stereocenters. The van der Waals surface area contributed by atoms with Gasteiger partial charge in [0.25, 0.3) is 0 Å². The minimum atomic E-state index is 0.590. The Hall–Kier alpha value is -1.75. The zero-order valence-corrected chi connectivity index (χ0v) is 11.1. The van der Waals surface area contributed by atoms with Crippen molar-refractivity contribution in [2.75, 3.05) is 20.8 Å². The lowest BCUT2D eigenvalue weighted by Gasteiger charge is -2.09. The number of nitrogens with zero attached hydrogens (tertiary/aromatic N) is 2. The van der Waals surface area contributed by atoms with Gasteiger partial charge in [0, 0.05) is 31.6 Å². The third kappa shape index (κ3) is 2.01. The summed E-state index contributed by atoms with van der Waals surface area (Å²) in [5.41, 5.74) is 7.61. The standard InChI is InChI=1S/C13H19N3O2/c1-4-13-15-9-7-11(17-2)12(18-3)8-10(9)16(13)6-5-14/h7-8H,4-6,14H2,1-3H3. The SMILES string of the molecule is CCc1nc2cc(OC)c(OC)cc2n1CCN. The summed E-state index contributed by atoms with van der Waals surface area (Å²) >= 11 is 0. The van der Waals surface area contributed by atoms with Crippen molar-refractivity contribution in [3.05, 3.63) is 18.0 Å². The molecule has 0 aliphatic heterocycles. The highest BCUT2D eigenvalue weighted by Crippen LogP contribution is 2.32. The van der Waals surface area contributed by atoms with E-state index in [2.05, 4.69) is 16.5 Å². The van der Waals surface area contributed by atoms with Crippen molar-refractivity contribution in [3.63, 3.8) is 0 Å². The molecule has 2 N–H and O–H groups in total. The Kier molecular flexibility index (Phi) is 3.72. The van der Waals surface area contributed by atoms with Crippen molar-refractivity contribution in [1.29, 1.82) is 0 Å². The zero-order valence-electron chi connectivity index (χ0n) is 11.1. The Morgan fingerprint density at radius 3 is 2.44 bits per heavy atom. The molecule has 98 valence electrons. The van der Waals surface area contributed by atoms with Crippen LogP contribution < -0.4 is 15.2 Å². The number of imidazole rings is 1. The Morgan fingerprint density at radius 2 is 1.89 bits per heavy atom. The van der Waals surface area contributed by atoms with Crippen molar-refractivity contribution in [2.24, 2.45) is 5.73 Å². The van der Waals surface area contributed by atoms with Gasteiger partial charge in [0.15, 0.2) is 11.5 Å². The third-order valence-electron chi connectivity index (χ3n) is 3.00. The van der Waals surface area contributed by atoms with Crippen LogP contribution in [0.1, 0.15) is 12.7 Å². The molecule has 0 aliphatic rings. The van der Waals surface area contributed by atoms with Gasteiger partial charge >= 0.3 is 0 Å². The molecule has 1 aromatic carbocycles. The maximum absolute atomic E-state index is 5.66. The second-order valence-corrected chi connectivity index (χ2v) is 4.02. The second kappa shape index (κ2) is 5.27. The molecule has 1 aromatic heterocycles. The predicted molar refractivity (Wildman–Crippen MR) is 71.3 cm³/mol. The quantitative estimate of drug-likeness (QED) is 0.873.